The molecule has 2 rings (SSSR count). The number of aliphatic hydroxyl groups excluding tert-OH is 1. The lowest BCUT2D eigenvalue weighted by molar-refractivity contribution is 0.118. The summed E-state index contributed by atoms with van der Waals surface area (Å²) in [6.45, 7) is 3.27. The average molecular weight is 223 g/mol. The maximum absolute atomic E-state index is 9.45. The second kappa shape index (κ2) is 4.55. The zero-order chi connectivity index (χ0) is 11.6. The first kappa shape index (κ1) is 11.6. The normalized spacial score (nSPS) is 29.8. The van der Waals surface area contributed by atoms with E-state index < -0.39 is 0 Å². The minimum Gasteiger partial charge on any atom is -0.396 e. The molecule has 0 aromatic carbocycles. The molecular formula is C12H21N3O. The van der Waals surface area contributed by atoms with Crippen LogP contribution in [0.15, 0.2) is 12.3 Å². The molecule has 1 heterocycles. The van der Waals surface area contributed by atoms with E-state index in [1.807, 2.05) is 24.0 Å². The van der Waals surface area contributed by atoms with E-state index in [4.69, 9.17) is 0 Å². The lowest BCUT2D eigenvalue weighted by atomic mass is 9.86. The summed E-state index contributed by atoms with van der Waals surface area (Å²) >= 11 is 0. The van der Waals surface area contributed by atoms with Crippen molar-refractivity contribution >= 4 is 0 Å². The third kappa shape index (κ3) is 2.13. The molecule has 0 bridgehead atoms. The summed E-state index contributed by atoms with van der Waals surface area (Å²) in [5.41, 5.74) is 1.24. The first-order valence-electron chi connectivity index (χ1n) is 5.97. The standard InChI is InChI=1S/C12H21N3O/c1-12(9-16)6-3-4-11(12)13-8-10-5-7-14-15(10)2/h5,7,11,13,16H,3-4,6,8-9H2,1-2H3. The lowest BCUT2D eigenvalue weighted by Gasteiger charge is -2.30. The minimum atomic E-state index is 0.0542. The Morgan fingerprint density at radius 3 is 3.12 bits per heavy atom. The largest absolute Gasteiger partial charge is 0.396 e. The number of nitrogens with zero attached hydrogens (tertiary/aromatic N) is 2. The van der Waals surface area contributed by atoms with Gasteiger partial charge in [0.15, 0.2) is 0 Å². The van der Waals surface area contributed by atoms with Crippen LogP contribution in [-0.2, 0) is 13.6 Å². The fourth-order valence-electron chi connectivity index (χ4n) is 2.57. The van der Waals surface area contributed by atoms with Crippen molar-refractivity contribution in [3.8, 4) is 0 Å². The van der Waals surface area contributed by atoms with Gasteiger partial charge >= 0.3 is 0 Å². The number of hydrogen-bond donors (Lipinski definition) is 2. The van der Waals surface area contributed by atoms with Crippen LogP contribution in [0.25, 0.3) is 0 Å². The van der Waals surface area contributed by atoms with Gasteiger partial charge in [-0.3, -0.25) is 4.68 Å². The first-order valence-corrected chi connectivity index (χ1v) is 5.97. The summed E-state index contributed by atoms with van der Waals surface area (Å²) in [5.74, 6) is 0. The zero-order valence-corrected chi connectivity index (χ0v) is 10.1. The van der Waals surface area contributed by atoms with E-state index >= 15 is 0 Å². The lowest BCUT2D eigenvalue weighted by Crippen LogP contribution is -2.41. The number of hydrogen-bond acceptors (Lipinski definition) is 3. The van der Waals surface area contributed by atoms with E-state index in [9.17, 15) is 5.11 Å². The number of aliphatic hydroxyl groups is 1. The number of nitrogens with one attached hydrogen (secondary N) is 1. The summed E-state index contributed by atoms with van der Waals surface area (Å²) in [5, 5.41) is 17.1. The topological polar surface area (TPSA) is 50.1 Å². The van der Waals surface area contributed by atoms with Crippen molar-refractivity contribution in [1.82, 2.24) is 15.1 Å². The molecule has 16 heavy (non-hydrogen) atoms. The van der Waals surface area contributed by atoms with Gasteiger partial charge in [-0.25, -0.2) is 0 Å². The van der Waals surface area contributed by atoms with Crippen LogP contribution in [0, 0.1) is 5.41 Å². The Morgan fingerprint density at radius 1 is 1.69 bits per heavy atom. The molecule has 2 N–H and O–H groups in total. The van der Waals surface area contributed by atoms with Crippen molar-refractivity contribution in [3.05, 3.63) is 18.0 Å². The molecule has 4 heteroatoms. The van der Waals surface area contributed by atoms with Gasteiger partial charge in [0.1, 0.15) is 0 Å². The molecule has 2 unspecified atom stereocenters. The summed E-state index contributed by atoms with van der Waals surface area (Å²) < 4.78 is 1.89. The Balaban J connectivity index is 1.93. The van der Waals surface area contributed by atoms with Gasteiger partial charge in [-0.1, -0.05) is 13.3 Å². The molecule has 1 aromatic rings. The summed E-state index contributed by atoms with van der Waals surface area (Å²) in [6.07, 6.45) is 5.30. The van der Waals surface area contributed by atoms with Crippen LogP contribution in [0.5, 0.6) is 0 Å². The zero-order valence-electron chi connectivity index (χ0n) is 10.1. The Bertz CT molecular complexity index is 350. The van der Waals surface area contributed by atoms with E-state index in [1.54, 1.807) is 0 Å². The molecular weight excluding hydrogens is 202 g/mol. The van der Waals surface area contributed by atoms with Gasteiger partial charge in [-0.2, -0.15) is 5.10 Å². The van der Waals surface area contributed by atoms with E-state index in [2.05, 4.69) is 17.3 Å². The Labute approximate surface area is 96.7 Å². The molecule has 0 saturated heterocycles. The van der Waals surface area contributed by atoms with Crippen molar-refractivity contribution in [3.63, 3.8) is 0 Å². The summed E-state index contributed by atoms with van der Waals surface area (Å²) in [4.78, 5) is 0. The highest BCUT2D eigenvalue weighted by Gasteiger charge is 2.37. The van der Waals surface area contributed by atoms with Gasteiger partial charge in [0.25, 0.3) is 0 Å². The summed E-state index contributed by atoms with van der Waals surface area (Å²) in [6, 6.07) is 2.45. The molecule has 1 fully saturated rings. The fraction of sp³-hybridized carbons (Fsp3) is 0.750. The monoisotopic (exact) mass is 223 g/mol. The van der Waals surface area contributed by atoms with Crippen LogP contribution >= 0.6 is 0 Å². The van der Waals surface area contributed by atoms with E-state index in [1.165, 1.54) is 12.1 Å². The van der Waals surface area contributed by atoms with Gasteiger partial charge in [-0.15, -0.1) is 0 Å². The third-order valence-corrected chi connectivity index (χ3v) is 3.90. The van der Waals surface area contributed by atoms with Gasteiger partial charge in [0, 0.05) is 37.9 Å². The van der Waals surface area contributed by atoms with Crippen LogP contribution in [0.3, 0.4) is 0 Å². The Hall–Kier alpha value is -0.870. The van der Waals surface area contributed by atoms with Crippen LogP contribution in [-0.4, -0.2) is 27.5 Å². The highest BCUT2D eigenvalue weighted by Crippen LogP contribution is 2.37. The van der Waals surface area contributed by atoms with E-state index in [0.29, 0.717) is 6.04 Å². The smallest absolute Gasteiger partial charge is 0.0518 e. The highest BCUT2D eigenvalue weighted by atomic mass is 16.3. The van der Waals surface area contributed by atoms with Crippen LogP contribution in [0.1, 0.15) is 31.9 Å². The van der Waals surface area contributed by atoms with Crippen LogP contribution < -0.4 is 5.32 Å². The average Bonchev–Trinajstić information content (AvgIpc) is 2.83. The highest BCUT2D eigenvalue weighted by molar-refractivity contribution is 5.01. The first-order chi connectivity index (χ1) is 7.65. The molecule has 0 aliphatic heterocycles. The maximum Gasteiger partial charge on any atom is 0.0518 e. The SMILES string of the molecule is Cn1nccc1CNC1CCCC1(C)CO. The van der Waals surface area contributed by atoms with Crippen molar-refractivity contribution in [2.75, 3.05) is 6.61 Å². The van der Waals surface area contributed by atoms with Gasteiger partial charge in [0.2, 0.25) is 0 Å². The molecule has 4 nitrogen and oxygen atoms in total. The van der Waals surface area contributed by atoms with Gasteiger partial charge in [0.05, 0.1) is 5.69 Å². The molecule has 90 valence electrons. The molecule has 0 spiro atoms. The molecule has 1 aliphatic rings. The summed E-state index contributed by atoms with van der Waals surface area (Å²) in [7, 11) is 1.96. The predicted molar refractivity (Wildman–Crippen MR) is 62.9 cm³/mol. The molecule has 1 saturated carbocycles. The predicted octanol–water partition coefficient (Wildman–Crippen LogP) is 1.06. The van der Waals surface area contributed by atoms with Crippen molar-refractivity contribution in [1.29, 1.82) is 0 Å². The molecule has 0 radical (unpaired) electrons. The van der Waals surface area contributed by atoms with E-state index in [-0.39, 0.29) is 12.0 Å². The third-order valence-electron chi connectivity index (χ3n) is 3.90. The van der Waals surface area contributed by atoms with Crippen LogP contribution in [0.4, 0.5) is 0 Å². The van der Waals surface area contributed by atoms with Crippen LogP contribution in [0.2, 0.25) is 0 Å². The Kier molecular flexibility index (Phi) is 3.30. The fourth-order valence-corrected chi connectivity index (χ4v) is 2.57. The molecule has 1 aliphatic carbocycles. The van der Waals surface area contributed by atoms with Gasteiger partial charge in [-0.05, 0) is 18.9 Å². The molecule has 1 aromatic heterocycles. The number of rotatable bonds is 4. The van der Waals surface area contributed by atoms with Crippen molar-refractivity contribution in [2.24, 2.45) is 12.5 Å². The van der Waals surface area contributed by atoms with E-state index in [0.717, 1.165) is 19.4 Å². The second-order valence-corrected chi connectivity index (χ2v) is 5.08. The molecule has 0 amide bonds. The van der Waals surface area contributed by atoms with Crippen molar-refractivity contribution < 1.29 is 5.11 Å². The van der Waals surface area contributed by atoms with Crippen molar-refractivity contribution in [2.45, 2.75) is 38.8 Å². The second-order valence-electron chi connectivity index (χ2n) is 5.08. The van der Waals surface area contributed by atoms with Gasteiger partial charge < -0.3 is 10.4 Å². The number of aromatic nitrogens is 2. The minimum absolute atomic E-state index is 0.0542. The number of aryl methyl sites for hydroxylation is 1. The maximum atomic E-state index is 9.45. The quantitative estimate of drug-likeness (QED) is 0.802. The molecule has 2 atom stereocenters. The Morgan fingerprint density at radius 2 is 2.50 bits per heavy atom.